The zero-order chi connectivity index (χ0) is 16.9. The Hall–Kier alpha value is -3.35. The van der Waals surface area contributed by atoms with E-state index in [1.807, 2.05) is 24.3 Å². The molecule has 3 rings (SSSR count). The fourth-order valence-corrected chi connectivity index (χ4v) is 2.09. The third-order valence-corrected chi connectivity index (χ3v) is 3.42. The summed E-state index contributed by atoms with van der Waals surface area (Å²) >= 11 is 0. The summed E-state index contributed by atoms with van der Waals surface area (Å²) in [6.45, 7) is 2.16. The molecule has 1 amide bonds. The first kappa shape index (κ1) is 15.5. The predicted molar refractivity (Wildman–Crippen MR) is 89.8 cm³/mol. The van der Waals surface area contributed by atoms with Gasteiger partial charge < -0.3 is 11.1 Å². The maximum Gasteiger partial charge on any atom is 0.251 e. The van der Waals surface area contributed by atoms with E-state index < -0.39 is 0 Å². The Kier molecular flexibility index (Phi) is 4.42. The molecule has 7 heteroatoms. The maximum absolute atomic E-state index is 12.1. The van der Waals surface area contributed by atoms with Crippen LogP contribution in [0.3, 0.4) is 0 Å². The molecular formula is C17H16N6O. The summed E-state index contributed by atoms with van der Waals surface area (Å²) in [5.41, 5.74) is 8.61. The Morgan fingerprint density at radius 1 is 0.958 bits per heavy atom. The average molecular weight is 320 g/mol. The number of nitrogens with one attached hydrogen (secondary N) is 1. The number of carbonyl (C=O) groups is 1. The van der Waals surface area contributed by atoms with Crippen molar-refractivity contribution in [2.45, 2.75) is 13.5 Å². The smallest absolute Gasteiger partial charge is 0.251 e. The molecule has 0 saturated carbocycles. The summed E-state index contributed by atoms with van der Waals surface area (Å²) in [6, 6.07) is 14.4. The molecule has 0 aliphatic carbocycles. The summed E-state index contributed by atoms with van der Waals surface area (Å²) in [7, 11) is 0. The number of hydrogen-bond donors (Lipinski definition) is 2. The molecule has 0 aliphatic heterocycles. The van der Waals surface area contributed by atoms with E-state index in [1.54, 1.807) is 31.2 Å². The van der Waals surface area contributed by atoms with E-state index in [0.29, 0.717) is 29.4 Å². The van der Waals surface area contributed by atoms with Gasteiger partial charge in [0.1, 0.15) is 0 Å². The first-order chi connectivity index (χ1) is 11.6. The second kappa shape index (κ2) is 6.82. The van der Waals surface area contributed by atoms with E-state index >= 15 is 0 Å². The van der Waals surface area contributed by atoms with E-state index in [9.17, 15) is 4.79 Å². The van der Waals surface area contributed by atoms with E-state index in [1.165, 1.54) is 0 Å². The number of nitrogens with two attached hydrogens (primary N) is 1. The molecule has 0 aliphatic rings. The minimum absolute atomic E-state index is 0.144. The monoisotopic (exact) mass is 320 g/mol. The van der Waals surface area contributed by atoms with Gasteiger partial charge in [-0.15, -0.1) is 20.4 Å². The first-order valence-corrected chi connectivity index (χ1v) is 7.39. The van der Waals surface area contributed by atoms with Crippen molar-refractivity contribution >= 4 is 11.6 Å². The van der Waals surface area contributed by atoms with Crippen molar-refractivity contribution in [2.75, 3.05) is 5.73 Å². The molecule has 0 unspecified atom stereocenters. The van der Waals surface area contributed by atoms with Crippen LogP contribution < -0.4 is 11.1 Å². The van der Waals surface area contributed by atoms with Crippen molar-refractivity contribution in [3.63, 3.8) is 0 Å². The van der Waals surface area contributed by atoms with Crippen LogP contribution in [-0.4, -0.2) is 26.3 Å². The highest BCUT2D eigenvalue weighted by Crippen LogP contribution is 2.14. The Balaban J connectivity index is 1.63. The Morgan fingerprint density at radius 3 is 2.21 bits per heavy atom. The molecule has 1 heterocycles. The molecular weight excluding hydrogens is 304 g/mol. The van der Waals surface area contributed by atoms with Crippen LogP contribution in [0.25, 0.3) is 11.4 Å². The molecule has 3 aromatic rings. The molecule has 1 aromatic heterocycles. The van der Waals surface area contributed by atoms with Gasteiger partial charge in [-0.05, 0) is 36.8 Å². The van der Waals surface area contributed by atoms with Crippen molar-refractivity contribution in [1.29, 1.82) is 0 Å². The largest absolute Gasteiger partial charge is 0.399 e. The number of aryl methyl sites for hydroxylation is 1. The molecule has 24 heavy (non-hydrogen) atoms. The van der Waals surface area contributed by atoms with E-state index in [2.05, 4.69) is 25.7 Å². The highest BCUT2D eigenvalue weighted by Gasteiger charge is 2.06. The van der Waals surface area contributed by atoms with Gasteiger partial charge in [-0.3, -0.25) is 4.79 Å². The van der Waals surface area contributed by atoms with E-state index in [0.717, 1.165) is 11.1 Å². The maximum atomic E-state index is 12.1. The zero-order valence-corrected chi connectivity index (χ0v) is 13.1. The molecule has 120 valence electrons. The minimum Gasteiger partial charge on any atom is -0.399 e. The van der Waals surface area contributed by atoms with Gasteiger partial charge in [0.2, 0.25) is 5.82 Å². The fourth-order valence-electron chi connectivity index (χ4n) is 2.09. The second-order valence-corrected chi connectivity index (χ2v) is 5.27. The van der Waals surface area contributed by atoms with Crippen molar-refractivity contribution in [3.05, 3.63) is 65.5 Å². The normalized spacial score (nSPS) is 10.4. The zero-order valence-electron chi connectivity index (χ0n) is 13.1. The highest BCUT2D eigenvalue weighted by molar-refractivity contribution is 5.94. The molecule has 0 bridgehead atoms. The van der Waals surface area contributed by atoms with Crippen molar-refractivity contribution in [1.82, 2.24) is 25.7 Å². The van der Waals surface area contributed by atoms with Gasteiger partial charge in [0.15, 0.2) is 5.82 Å². The summed E-state index contributed by atoms with van der Waals surface area (Å²) < 4.78 is 0. The summed E-state index contributed by atoms with van der Waals surface area (Å²) in [6.07, 6.45) is 0. The number of rotatable bonds is 4. The highest BCUT2D eigenvalue weighted by atomic mass is 16.1. The van der Waals surface area contributed by atoms with E-state index in [4.69, 9.17) is 5.73 Å². The minimum atomic E-state index is -0.144. The van der Waals surface area contributed by atoms with Crippen LogP contribution in [-0.2, 0) is 6.54 Å². The van der Waals surface area contributed by atoms with Crippen molar-refractivity contribution < 1.29 is 4.79 Å². The molecule has 0 spiro atoms. The number of aromatic nitrogens is 4. The van der Waals surface area contributed by atoms with Gasteiger partial charge in [0.05, 0.1) is 0 Å². The van der Waals surface area contributed by atoms with Crippen LogP contribution in [0.2, 0.25) is 0 Å². The Labute approximate surface area is 139 Å². The second-order valence-electron chi connectivity index (χ2n) is 5.27. The lowest BCUT2D eigenvalue weighted by molar-refractivity contribution is 0.0951. The summed E-state index contributed by atoms with van der Waals surface area (Å²) in [5.74, 6) is 0.855. The quantitative estimate of drug-likeness (QED) is 0.709. The molecule has 7 nitrogen and oxygen atoms in total. The van der Waals surface area contributed by atoms with E-state index in [-0.39, 0.29) is 5.91 Å². The predicted octanol–water partition coefficient (Wildman–Crippen LogP) is 1.75. The number of anilines is 1. The van der Waals surface area contributed by atoms with Crippen LogP contribution in [0.5, 0.6) is 0 Å². The Bertz CT molecular complexity index is 828. The summed E-state index contributed by atoms with van der Waals surface area (Å²) in [5, 5.41) is 18.6. The van der Waals surface area contributed by atoms with Crippen molar-refractivity contribution in [2.24, 2.45) is 0 Å². The number of nitrogens with zero attached hydrogens (tertiary/aromatic N) is 4. The van der Waals surface area contributed by atoms with Gasteiger partial charge in [-0.25, -0.2) is 0 Å². The standard InChI is InChI=1S/C17H16N6O/c1-11-20-22-16(23-21-11)13-4-2-12(3-5-13)10-19-17(24)14-6-8-15(18)9-7-14/h2-9H,10,18H2,1H3,(H,19,24). The molecule has 0 atom stereocenters. The van der Waals surface area contributed by atoms with Gasteiger partial charge in [-0.2, -0.15) is 0 Å². The topological polar surface area (TPSA) is 107 Å². The molecule has 3 N–H and O–H groups in total. The van der Waals surface area contributed by atoms with Gasteiger partial charge in [-0.1, -0.05) is 24.3 Å². The van der Waals surface area contributed by atoms with Crippen LogP contribution in [0, 0.1) is 6.92 Å². The van der Waals surface area contributed by atoms with Crippen molar-refractivity contribution in [3.8, 4) is 11.4 Å². The van der Waals surface area contributed by atoms with Gasteiger partial charge in [0, 0.05) is 23.4 Å². The van der Waals surface area contributed by atoms with Gasteiger partial charge >= 0.3 is 0 Å². The molecule has 0 radical (unpaired) electrons. The molecule has 0 saturated heterocycles. The Morgan fingerprint density at radius 2 is 1.58 bits per heavy atom. The SMILES string of the molecule is Cc1nnc(-c2ccc(CNC(=O)c3ccc(N)cc3)cc2)nn1. The third kappa shape index (κ3) is 3.70. The number of benzene rings is 2. The lowest BCUT2D eigenvalue weighted by Gasteiger charge is -2.06. The lowest BCUT2D eigenvalue weighted by atomic mass is 10.1. The number of carbonyl (C=O) groups excluding carboxylic acids is 1. The molecule has 0 fully saturated rings. The average Bonchev–Trinajstić information content (AvgIpc) is 2.61. The van der Waals surface area contributed by atoms with Gasteiger partial charge in [0.25, 0.3) is 5.91 Å². The first-order valence-electron chi connectivity index (χ1n) is 7.39. The number of nitrogen functional groups attached to an aromatic ring is 1. The van der Waals surface area contributed by atoms with Crippen LogP contribution in [0.4, 0.5) is 5.69 Å². The fraction of sp³-hybridized carbons (Fsp3) is 0.118. The van der Waals surface area contributed by atoms with Crippen LogP contribution in [0.1, 0.15) is 21.7 Å². The van der Waals surface area contributed by atoms with Crippen LogP contribution >= 0.6 is 0 Å². The lowest BCUT2D eigenvalue weighted by Crippen LogP contribution is -2.22. The molecule has 2 aromatic carbocycles. The number of amides is 1. The summed E-state index contributed by atoms with van der Waals surface area (Å²) in [4.78, 5) is 12.1. The number of hydrogen-bond acceptors (Lipinski definition) is 6. The third-order valence-electron chi connectivity index (χ3n) is 3.42. The van der Waals surface area contributed by atoms with Crippen LogP contribution in [0.15, 0.2) is 48.5 Å².